The summed E-state index contributed by atoms with van der Waals surface area (Å²) in [5.74, 6) is 4.82. The molecule has 4 heteroatoms. The third-order valence-corrected chi connectivity index (χ3v) is 11.8. The van der Waals surface area contributed by atoms with Crippen molar-refractivity contribution < 1.29 is 15.0 Å². The number of ketones is 1. The van der Waals surface area contributed by atoms with Crippen molar-refractivity contribution >= 4 is 5.78 Å². The molecule has 12 atom stereocenters. The number of rotatable bonds is 0. The van der Waals surface area contributed by atoms with E-state index in [4.69, 9.17) is 0 Å². The number of aliphatic hydroxyl groups is 2. The van der Waals surface area contributed by atoms with Gasteiger partial charge >= 0.3 is 0 Å². The summed E-state index contributed by atoms with van der Waals surface area (Å²) in [5.41, 5.74) is -0.482. The van der Waals surface area contributed by atoms with E-state index < -0.39 is 5.60 Å². The van der Waals surface area contributed by atoms with E-state index in [9.17, 15) is 15.0 Å². The number of carbonyl (C=O) groups excluding carboxylic acids is 1. The van der Waals surface area contributed by atoms with Crippen LogP contribution in [0.25, 0.3) is 0 Å². The van der Waals surface area contributed by atoms with Crippen molar-refractivity contribution in [2.24, 2.45) is 52.8 Å². The van der Waals surface area contributed by atoms with E-state index >= 15 is 0 Å². The Kier molecular flexibility index (Phi) is 4.78. The van der Waals surface area contributed by atoms with Crippen molar-refractivity contribution in [2.75, 3.05) is 13.1 Å². The van der Waals surface area contributed by atoms with Crippen LogP contribution in [-0.4, -0.2) is 51.7 Å². The molecule has 2 N–H and O–H groups in total. The van der Waals surface area contributed by atoms with Gasteiger partial charge in [0.05, 0.1) is 11.7 Å². The van der Waals surface area contributed by atoms with Gasteiger partial charge in [-0.25, -0.2) is 0 Å². The molecule has 4 aliphatic carbocycles. The predicted molar refractivity (Wildman–Crippen MR) is 120 cm³/mol. The molecule has 174 valence electrons. The van der Waals surface area contributed by atoms with Crippen molar-refractivity contribution in [1.29, 1.82) is 0 Å². The van der Waals surface area contributed by atoms with Gasteiger partial charge in [0.15, 0.2) is 0 Å². The Balaban J connectivity index is 1.31. The average molecular weight is 430 g/mol. The summed E-state index contributed by atoms with van der Waals surface area (Å²) >= 11 is 0. The highest BCUT2D eigenvalue weighted by molar-refractivity contribution is 5.83. The first-order valence-corrected chi connectivity index (χ1v) is 13.4. The molecular weight excluding hydrogens is 386 g/mol. The normalized spacial score (nSPS) is 59.2. The predicted octanol–water partition coefficient (Wildman–Crippen LogP) is 3.89. The van der Waals surface area contributed by atoms with Gasteiger partial charge in [-0.05, 0) is 105 Å². The van der Waals surface area contributed by atoms with Crippen molar-refractivity contribution in [1.82, 2.24) is 4.90 Å². The molecule has 31 heavy (non-hydrogen) atoms. The van der Waals surface area contributed by atoms with Gasteiger partial charge in [-0.1, -0.05) is 13.8 Å². The maximum Gasteiger partial charge on any atom is 0.136 e. The second-order valence-corrected chi connectivity index (χ2v) is 13.2. The van der Waals surface area contributed by atoms with E-state index in [1.165, 1.54) is 25.8 Å². The Hall–Kier alpha value is -0.450. The first-order valence-electron chi connectivity index (χ1n) is 13.4. The number of hydrogen-bond acceptors (Lipinski definition) is 4. The van der Waals surface area contributed by atoms with Gasteiger partial charge in [-0.2, -0.15) is 0 Å². The SMILES string of the molecule is C[C@@H]1CC[C@H]2N(C1)C[C@H]1[C@H]3C[C@@H]4[C@H](CC(=O)[C@H]5C[C@@H](O)CC[C@@]54C)[C@@H]3CC[C@H]1[C@]2(C)O. The first kappa shape index (κ1) is 21.1. The molecule has 2 saturated heterocycles. The minimum Gasteiger partial charge on any atom is -0.393 e. The number of fused-ring (bicyclic) bond motifs is 8. The van der Waals surface area contributed by atoms with E-state index in [1.54, 1.807) is 0 Å². The fourth-order valence-corrected chi connectivity index (χ4v) is 10.4. The first-order chi connectivity index (χ1) is 14.7. The van der Waals surface area contributed by atoms with Crippen molar-refractivity contribution in [3.05, 3.63) is 0 Å². The molecule has 4 nitrogen and oxygen atoms in total. The molecule has 0 aromatic rings. The van der Waals surface area contributed by atoms with Gasteiger partial charge in [0.25, 0.3) is 0 Å². The van der Waals surface area contributed by atoms with Gasteiger partial charge in [0.1, 0.15) is 5.78 Å². The van der Waals surface area contributed by atoms with Crippen LogP contribution < -0.4 is 0 Å². The van der Waals surface area contributed by atoms with Crippen LogP contribution in [0.2, 0.25) is 0 Å². The number of carbonyl (C=O) groups is 1. The molecule has 2 aliphatic heterocycles. The summed E-state index contributed by atoms with van der Waals surface area (Å²) in [6, 6.07) is 0.341. The van der Waals surface area contributed by atoms with Crippen LogP contribution in [0.15, 0.2) is 0 Å². The Morgan fingerprint density at radius 1 is 0.903 bits per heavy atom. The highest BCUT2D eigenvalue weighted by atomic mass is 16.3. The summed E-state index contributed by atoms with van der Waals surface area (Å²) in [5, 5.41) is 22.1. The summed E-state index contributed by atoms with van der Waals surface area (Å²) in [6.45, 7) is 9.23. The lowest BCUT2D eigenvalue weighted by Crippen LogP contribution is -2.67. The van der Waals surface area contributed by atoms with E-state index in [2.05, 4.69) is 25.7 Å². The minimum absolute atomic E-state index is 0.0789. The lowest BCUT2D eigenvalue weighted by atomic mass is 9.51. The lowest BCUT2D eigenvalue weighted by Gasteiger charge is -2.59. The summed E-state index contributed by atoms with van der Waals surface area (Å²) < 4.78 is 0. The average Bonchev–Trinajstić information content (AvgIpc) is 3.09. The standard InChI is InChI=1S/C27H43NO3/c1-15-4-7-25-27(3,31)21-6-5-17-18(20(21)14-28(25)13-15)11-22-19(17)12-24(30)23-10-16(29)8-9-26(22,23)2/h15-23,25,29,31H,4-14H2,1-3H3/t15-,16+,17-,18+,19-,20+,21-,22-,23-,25-,26-,27+/m1/s1. The number of piperidine rings is 2. The second-order valence-electron chi connectivity index (χ2n) is 13.2. The molecule has 4 saturated carbocycles. The zero-order valence-electron chi connectivity index (χ0n) is 19.8. The number of nitrogens with zero attached hydrogens (tertiary/aromatic N) is 1. The van der Waals surface area contributed by atoms with E-state index in [0.717, 1.165) is 44.6 Å². The van der Waals surface area contributed by atoms with Crippen LogP contribution in [0.3, 0.4) is 0 Å². The summed E-state index contributed by atoms with van der Waals surface area (Å²) in [7, 11) is 0. The number of hydrogen-bond donors (Lipinski definition) is 2. The third-order valence-electron chi connectivity index (χ3n) is 11.8. The number of Topliss-reactive ketones (excluding diaryl/α,β-unsaturated/α-hetero) is 1. The quantitative estimate of drug-likeness (QED) is 0.613. The fourth-order valence-electron chi connectivity index (χ4n) is 10.4. The van der Waals surface area contributed by atoms with Crippen molar-refractivity contribution in [2.45, 2.75) is 96.3 Å². The zero-order chi connectivity index (χ0) is 21.7. The zero-order valence-corrected chi connectivity index (χ0v) is 19.8. The molecule has 0 amide bonds. The van der Waals surface area contributed by atoms with Crippen LogP contribution in [0.4, 0.5) is 0 Å². The van der Waals surface area contributed by atoms with Crippen LogP contribution in [0, 0.1) is 52.8 Å². The Morgan fingerprint density at radius 2 is 1.71 bits per heavy atom. The van der Waals surface area contributed by atoms with Gasteiger partial charge in [-0.3, -0.25) is 9.69 Å². The van der Waals surface area contributed by atoms with Crippen LogP contribution in [0.1, 0.15) is 78.6 Å². The van der Waals surface area contributed by atoms with Crippen molar-refractivity contribution in [3.8, 4) is 0 Å². The summed E-state index contributed by atoms with van der Waals surface area (Å²) in [4.78, 5) is 15.9. The molecule has 0 aromatic heterocycles. The monoisotopic (exact) mass is 429 g/mol. The Morgan fingerprint density at radius 3 is 2.52 bits per heavy atom. The Labute approximate surface area is 188 Å². The van der Waals surface area contributed by atoms with Gasteiger partial charge in [0, 0.05) is 31.5 Å². The minimum atomic E-state index is -0.570. The number of aliphatic hydroxyl groups excluding tert-OH is 1. The van der Waals surface area contributed by atoms with Gasteiger partial charge < -0.3 is 10.2 Å². The smallest absolute Gasteiger partial charge is 0.136 e. The lowest BCUT2D eigenvalue weighted by molar-refractivity contribution is -0.175. The van der Waals surface area contributed by atoms with Gasteiger partial charge in [-0.15, -0.1) is 0 Å². The molecule has 6 rings (SSSR count). The second kappa shape index (κ2) is 7.03. The van der Waals surface area contributed by atoms with E-state index in [0.29, 0.717) is 53.8 Å². The van der Waals surface area contributed by atoms with Crippen LogP contribution in [-0.2, 0) is 4.79 Å². The van der Waals surface area contributed by atoms with Crippen LogP contribution in [0.5, 0.6) is 0 Å². The highest BCUT2D eigenvalue weighted by Gasteiger charge is 2.64. The van der Waals surface area contributed by atoms with E-state index in [-0.39, 0.29) is 17.4 Å². The molecule has 0 radical (unpaired) electrons. The van der Waals surface area contributed by atoms with Crippen LogP contribution >= 0.6 is 0 Å². The van der Waals surface area contributed by atoms with Gasteiger partial charge in [0.2, 0.25) is 0 Å². The van der Waals surface area contributed by atoms with Crippen molar-refractivity contribution in [3.63, 3.8) is 0 Å². The molecule has 0 unspecified atom stereocenters. The molecule has 6 fully saturated rings. The topological polar surface area (TPSA) is 60.8 Å². The molecule has 2 heterocycles. The molecule has 0 spiro atoms. The molecule has 6 aliphatic rings. The fraction of sp³-hybridized carbons (Fsp3) is 0.963. The third kappa shape index (κ3) is 2.93. The largest absolute Gasteiger partial charge is 0.393 e. The van der Waals surface area contributed by atoms with E-state index in [1.807, 2.05) is 0 Å². The maximum atomic E-state index is 13.2. The highest BCUT2D eigenvalue weighted by Crippen LogP contribution is 2.66. The maximum absolute atomic E-state index is 13.2. The molecule has 0 aromatic carbocycles. The molecular formula is C27H43NO3. The summed E-state index contributed by atoms with van der Waals surface area (Å²) in [6.07, 6.45) is 9.08. The Bertz CT molecular complexity index is 751. The molecule has 0 bridgehead atoms.